The number of nitrogens with one attached hydrogen (secondary N) is 1. The van der Waals surface area contributed by atoms with Crippen molar-refractivity contribution < 1.29 is 5.11 Å². The summed E-state index contributed by atoms with van der Waals surface area (Å²) in [5.74, 6) is 0. The second-order valence-electron chi connectivity index (χ2n) is 3.62. The van der Waals surface area contributed by atoms with E-state index < -0.39 is 5.60 Å². The zero-order valence-corrected chi connectivity index (χ0v) is 9.37. The lowest BCUT2D eigenvalue weighted by atomic mass is 10.1. The van der Waals surface area contributed by atoms with E-state index in [1.54, 1.807) is 25.2 Å². The summed E-state index contributed by atoms with van der Waals surface area (Å²) in [6, 6.07) is 3.87. The largest absolute Gasteiger partial charge is 0.389 e. The van der Waals surface area contributed by atoms with Crippen molar-refractivity contribution in [1.82, 2.24) is 5.32 Å². The van der Waals surface area contributed by atoms with Gasteiger partial charge in [-0.2, -0.15) is 0 Å². The van der Waals surface area contributed by atoms with Crippen molar-refractivity contribution in [1.29, 1.82) is 0 Å². The van der Waals surface area contributed by atoms with Gasteiger partial charge in [0.25, 0.3) is 0 Å². The van der Waals surface area contributed by atoms with Crippen LogP contribution in [0.3, 0.4) is 0 Å². The first kappa shape index (κ1) is 11.0. The SMILES string of the molecule is CC(C)(O)CNCc1ccc(Cl)s1. The number of halogens is 1. The molecule has 1 rings (SSSR count). The fourth-order valence-electron chi connectivity index (χ4n) is 0.938. The minimum absolute atomic E-state index is 0.586. The maximum atomic E-state index is 9.42. The van der Waals surface area contributed by atoms with Gasteiger partial charge in [-0.15, -0.1) is 11.3 Å². The highest BCUT2D eigenvalue weighted by molar-refractivity contribution is 7.16. The monoisotopic (exact) mass is 219 g/mol. The molecule has 0 radical (unpaired) electrons. The van der Waals surface area contributed by atoms with Crippen LogP contribution in [0.1, 0.15) is 18.7 Å². The van der Waals surface area contributed by atoms with Crippen molar-refractivity contribution in [3.63, 3.8) is 0 Å². The van der Waals surface area contributed by atoms with E-state index in [-0.39, 0.29) is 0 Å². The Balaban J connectivity index is 2.28. The summed E-state index contributed by atoms with van der Waals surface area (Å²) in [5, 5.41) is 12.6. The Bertz CT molecular complexity index is 267. The average molecular weight is 220 g/mol. The molecule has 1 aromatic heterocycles. The second-order valence-corrected chi connectivity index (χ2v) is 5.42. The van der Waals surface area contributed by atoms with E-state index in [2.05, 4.69) is 5.32 Å². The highest BCUT2D eigenvalue weighted by Gasteiger charge is 2.11. The summed E-state index contributed by atoms with van der Waals surface area (Å²) < 4.78 is 0.806. The summed E-state index contributed by atoms with van der Waals surface area (Å²) in [6.45, 7) is 4.91. The molecule has 0 amide bonds. The lowest BCUT2D eigenvalue weighted by Crippen LogP contribution is -2.34. The first-order chi connectivity index (χ1) is 5.97. The number of hydrogen-bond acceptors (Lipinski definition) is 3. The van der Waals surface area contributed by atoms with Crippen molar-refractivity contribution in [2.75, 3.05) is 6.54 Å². The zero-order chi connectivity index (χ0) is 9.90. The van der Waals surface area contributed by atoms with E-state index in [9.17, 15) is 5.11 Å². The summed E-state index contributed by atoms with van der Waals surface area (Å²) in [6.07, 6.45) is 0. The number of aliphatic hydroxyl groups is 1. The maximum absolute atomic E-state index is 9.42. The Hall–Kier alpha value is -0.0900. The summed E-state index contributed by atoms with van der Waals surface area (Å²) in [7, 11) is 0. The van der Waals surface area contributed by atoms with E-state index >= 15 is 0 Å². The van der Waals surface area contributed by atoms with Crippen LogP contribution in [0.25, 0.3) is 0 Å². The molecule has 0 bridgehead atoms. The number of thiophene rings is 1. The molecule has 0 fully saturated rings. The van der Waals surface area contributed by atoms with Crippen molar-refractivity contribution in [3.05, 3.63) is 21.3 Å². The first-order valence-corrected chi connectivity index (χ1v) is 5.34. The Labute approximate surface area is 87.5 Å². The fraction of sp³-hybridized carbons (Fsp3) is 0.556. The van der Waals surface area contributed by atoms with Gasteiger partial charge in [-0.05, 0) is 26.0 Å². The molecule has 0 saturated heterocycles. The Morgan fingerprint density at radius 1 is 1.54 bits per heavy atom. The predicted octanol–water partition coefficient (Wildman–Crippen LogP) is 2.26. The van der Waals surface area contributed by atoms with Gasteiger partial charge in [0.2, 0.25) is 0 Å². The van der Waals surface area contributed by atoms with Crippen LogP contribution in [-0.2, 0) is 6.54 Å². The molecule has 2 N–H and O–H groups in total. The van der Waals surface area contributed by atoms with Crippen LogP contribution < -0.4 is 5.32 Å². The molecule has 0 aromatic carbocycles. The average Bonchev–Trinajstić information content (AvgIpc) is 2.33. The van der Waals surface area contributed by atoms with E-state index in [1.165, 1.54) is 4.88 Å². The van der Waals surface area contributed by atoms with Gasteiger partial charge in [0.15, 0.2) is 0 Å². The van der Waals surface area contributed by atoms with Gasteiger partial charge in [0, 0.05) is 18.0 Å². The van der Waals surface area contributed by atoms with Crippen LogP contribution in [0.2, 0.25) is 4.34 Å². The molecule has 2 nitrogen and oxygen atoms in total. The second kappa shape index (κ2) is 4.42. The van der Waals surface area contributed by atoms with Gasteiger partial charge in [0.1, 0.15) is 0 Å². The van der Waals surface area contributed by atoms with Gasteiger partial charge in [-0.1, -0.05) is 11.6 Å². The Kier molecular flexibility index (Phi) is 3.74. The van der Waals surface area contributed by atoms with Gasteiger partial charge >= 0.3 is 0 Å². The van der Waals surface area contributed by atoms with Crippen LogP contribution in [0.5, 0.6) is 0 Å². The summed E-state index contributed by atoms with van der Waals surface area (Å²) >= 11 is 7.33. The van der Waals surface area contributed by atoms with Gasteiger partial charge in [-0.3, -0.25) is 0 Å². The Morgan fingerprint density at radius 3 is 2.69 bits per heavy atom. The lowest BCUT2D eigenvalue weighted by molar-refractivity contribution is 0.0796. The normalized spacial score (nSPS) is 12.0. The molecule has 0 spiro atoms. The van der Waals surface area contributed by atoms with E-state index in [0.29, 0.717) is 6.54 Å². The molecule has 1 heterocycles. The molecule has 74 valence electrons. The topological polar surface area (TPSA) is 32.3 Å². The third-order valence-corrected chi connectivity index (χ3v) is 2.72. The summed E-state index contributed by atoms with van der Waals surface area (Å²) in [5.41, 5.74) is -0.652. The minimum atomic E-state index is -0.652. The lowest BCUT2D eigenvalue weighted by Gasteiger charge is -2.17. The molecular formula is C9H14ClNOS. The van der Waals surface area contributed by atoms with Crippen molar-refractivity contribution >= 4 is 22.9 Å². The molecule has 0 aliphatic carbocycles. The molecule has 0 aliphatic heterocycles. The molecule has 4 heteroatoms. The van der Waals surface area contributed by atoms with Gasteiger partial charge in [0.05, 0.1) is 9.94 Å². The number of rotatable bonds is 4. The van der Waals surface area contributed by atoms with Crippen LogP contribution in [0, 0.1) is 0 Å². The standard InChI is InChI=1S/C9H14ClNOS/c1-9(2,12)6-11-5-7-3-4-8(10)13-7/h3-4,11-12H,5-6H2,1-2H3. The van der Waals surface area contributed by atoms with Crippen LogP contribution in [-0.4, -0.2) is 17.3 Å². The smallest absolute Gasteiger partial charge is 0.0931 e. The van der Waals surface area contributed by atoms with Gasteiger partial charge < -0.3 is 10.4 Å². The quantitative estimate of drug-likeness (QED) is 0.815. The highest BCUT2D eigenvalue weighted by Crippen LogP contribution is 2.20. The predicted molar refractivity (Wildman–Crippen MR) is 57.3 cm³/mol. The maximum Gasteiger partial charge on any atom is 0.0931 e. The molecule has 13 heavy (non-hydrogen) atoms. The number of hydrogen-bond donors (Lipinski definition) is 2. The molecule has 0 unspecified atom stereocenters. The Morgan fingerprint density at radius 2 is 2.23 bits per heavy atom. The minimum Gasteiger partial charge on any atom is -0.389 e. The first-order valence-electron chi connectivity index (χ1n) is 4.15. The van der Waals surface area contributed by atoms with Gasteiger partial charge in [-0.25, -0.2) is 0 Å². The van der Waals surface area contributed by atoms with Crippen LogP contribution in [0.15, 0.2) is 12.1 Å². The highest BCUT2D eigenvalue weighted by atomic mass is 35.5. The molecule has 1 aromatic rings. The molecular weight excluding hydrogens is 206 g/mol. The summed E-state index contributed by atoms with van der Waals surface area (Å²) in [4.78, 5) is 1.19. The van der Waals surface area contributed by atoms with E-state index in [4.69, 9.17) is 11.6 Å². The molecule has 0 saturated carbocycles. The van der Waals surface area contributed by atoms with Crippen LogP contribution in [0.4, 0.5) is 0 Å². The van der Waals surface area contributed by atoms with Crippen LogP contribution >= 0.6 is 22.9 Å². The third kappa shape index (κ3) is 4.62. The van der Waals surface area contributed by atoms with Crippen molar-refractivity contribution in [2.24, 2.45) is 0 Å². The van der Waals surface area contributed by atoms with E-state index in [0.717, 1.165) is 10.9 Å². The van der Waals surface area contributed by atoms with Crippen molar-refractivity contribution in [2.45, 2.75) is 26.0 Å². The third-order valence-electron chi connectivity index (χ3n) is 1.49. The fourth-order valence-corrected chi connectivity index (χ4v) is 2.00. The molecule has 0 aliphatic rings. The molecule has 0 atom stereocenters. The zero-order valence-electron chi connectivity index (χ0n) is 7.80. The van der Waals surface area contributed by atoms with Crippen molar-refractivity contribution in [3.8, 4) is 0 Å². The van der Waals surface area contributed by atoms with E-state index in [1.807, 2.05) is 12.1 Å².